The number of aryl methyl sites for hydroxylation is 1. The van der Waals surface area contributed by atoms with E-state index in [2.05, 4.69) is 9.71 Å². The van der Waals surface area contributed by atoms with Crippen LogP contribution < -0.4 is 10.5 Å². The number of aromatic nitrogens is 1. The Hall–Kier alpha value is -1.44. The smallest absolute Gasteiger partial charge is 0.216 e. The summed E-state index contributed by atoms with van der Waals surface area (Å²) in [6.45, 7) is 2.13. The van der Waals surface area contributed by atoms with Crippen molar-refractivity contribution in [3.63, 3.8) is 0 Å². The lowest BCUT2D eigenvalue weighted by Crippen LogP contribution is -2.25. The zero-order valence-electron chi connectivity index (χ0n) is 10.5. The van der Waals surface area contributed by atoms with E-state index in [0.717, 1.165) is 10.6 Å². The lowest BCUT2D eigenvalue weighted by atomic mass is 10.2. The van der Waals surface area contributed by atoms with Crippen LogP contribution in [0.5, 0.6) is 0 Å². The number of sulfonamides is 1. The lowest BCUT2D eigenvalue weighted by molar-refractivity contribution is 0.581. The third-order valence-corrected chi connectivity index (χ3v) is 4.91. The summed E-state index contributed by atoms with van der Waals surface area (Å²) in [7, 11) is -3.40. The molecule has 0 saturated heterocycles. The van der Waals surface area contributed by atoms with Crippen molar-refractivity contribution in [1.29, 1.82) is 0 Å². The number of thiazole rings is 1. The molecule has 1 aromatic heterocycles. The third kappa shape index (κ3) is 3.76. The standard InChI is InChI=1S/C12H15N3O2S2/c1-9-12(18-8-14-9)6-15-19(16,17)7-10-4-2-3-5-11(10)13/h2-5,8,15H,6-7,13H2,1H3. The molecule has 0 atom stereocenters. The van der Waals surface area contributed by atoms with Crippen LogP contribution in [-0.2, 0) is 22.3 Å². The maximum atomic E-state index is 12.0. The van der Waals surface area contributed by atoms with E-state index in [1.54, 1.807) is 29.8 Å². The van der Waals surface area contributed by atoms with Crippen LogP contribution in [-0.4, -0.2) is 13.4 Å². The number of para-hydroxylation sites is 1. The Kier molecular flexibility index (Phi) is 4.18. The quantitative estimate of drug-likeness (QED) is 0.822. The van der Waals surface area contributed by atoms with Crippen molar-refractivity contribution in [3.8, 4) is 0 Å². The Labute approximate surface area is 116 Å². The minimum absolute atomic E-state index is 0.114. The molecule has 0 aliphatic rings. The fraction of sp³-hybridized carbons (Fsp3) is 0.250. The van der Waals surface area contributed by atoms with Crippen LogP contribution in [0.4, 0.5) is 5.69 Å². The van der Waals surface area contributed by atoms with Gasteiger partial charge in [0.05, 0.1) is 17.0 Å². The van der Waals surface area contributed by atoms with E-state index in [4.69, 9.17) is 5.73 Å². The van der Waals surface area contributed by atoms with E-state index in [0.29, 0.717) is 11.3 Å². The van der Waals surface area contributed by atoms with Gasteiger partial charge in [-0.25, -0.2) is 18.1 Å². The second-order valence-corrected chi connectivity index (χ2v) is 6.89. The summed E-state index contributed by atoms with van der Waals surface area (Å²) in [6.07, 6.45) is 0. The molecule has 1 heterocycles. The fourth-order valence-corrected chi connectivity index (χ4v) is 3.54. The SMILES string of the molecule is Cc1ncsc1CNS(=O)(=O)Cc1ccccc1N. The van der Waals surface area contributed by atoms with Crippen molar-refractivity contribution >= 4 is 27.0 Å². The molecule has 0 unspecified atom stereocenters. The van der Waals surface area contributed by atoms with Gasteiger partial charge >= 0.3 is 0 Å². The molecular weight excluding hydrogens is 282 g/mol. The highest BCUT2D eigenvalue weighted by Crippen LogP contribution is 2.15. The van der Waals surface area contributed by atoms with Crippen LogP contribution >= 0.6 is 11.3 Å². The number of anilines is 1. The van der Waals surface area contributed by atoms with Crippen molar-refractivity contribution in [2.45, 2.75) is 19.2 Å². The van der Waals surface area contributed by atoms with Gasteiger partial charge in [-0.1, -0.05) is 18.2 Å². The van der Waals surface area contributed by atoms with Gasteiger partial charge in [-0.05, 0) is 18.6 Å². The molecule has 0 aliphatic carbocycles. The first-order chi connectivity index (χ1) is 8.98. The average molecular weight is 297 g/mol. The first-order valence-electron chi connectivity index (χ1n) is 5.67. The molecule has 0 fully saturated rings. The second-order valence-electron chi connectivity index (χ2n) is 4.14. The molecule has 3 N–H and O–H groups in total. The largest absolute Gasteiger partial charge is 0.398 e. The molecule has 0 aliphatic heterocycles. The number of hydrogen-bond acceptors (Lipinski definition) is 5. The first-order valence-corrected chi connectivity index (χ1v) is 8.21. The van der Waals surface area contributed by atoms with E-state index in [1.807, 2.05) is 6.92 Å². The number of hydrogen-bond donors (Lipinski definition) is 2. The van der Waals surface area contributed by atoms with Crippen LogP contribution in [0.1, 0.15) is 16.1 Å². The molecule has 1 aromatic carbocycles. The Morgan fingerprint density at radius 3 is 2.74 bits per heavy atom. The summed E-state index contributed by atoms with van der Waals surface area (Å²) in [5.41, 5.74) is 9.39. The van der Waals surface area contributed by atoms with Crippen LogP contribution in [0.15, 0.2) is 29.8 Å². The summed E-state index contributed by atoms with van der Waals surface area (Å²) < 4.78 is 26.5. The summed E-state index contributed by atoms with van der Waals surface area (Å²) in [5, 5.41) is 0. The maximum Gasteiger partial charge on any atom is 0.216 e. The van der Waals surface area contributed by atoms with Crippen molar-refractivity contribution in [2.24, 2.45) is 0 Å². The number of rotatable bonds is 5. The van der Waals surface area contributed by atoms with Crippen LogP contribution in [0.3, 0.4) is 0 Å². The first kappa shape index (κ1) is 14.0. The minimum Gasteiger partial charge on any atom is -0.398 e. The van der Waals surface area contributed by atoms with Gasteiger partial charge < -0.3 is 5.73 Å². The van der Waals surface area contributed by atoms with Crippen molar-refractivity contribution < 1.29 is 8.42 Å². The molecule has 2 rings (SSSR count). The zero-order chi connectivity index (χ0) is 13.9. The summed E-state index contributed by atoms with van der Waals surface area (Å²) in [5.74, 6) is -0.114. The normalized spacial score (nSPS) is 11.6. The minimum atomic E-state index is -3.40. The molecule has 0 spiro atoms. The van der Waals surface area contributed by atoms with E-state index >= 15 is 0 Å². The van der Waals surface area contributed by atoms with Crippen molar-refractivity contribution in [2.75, 3.05) is 5.73 Å². The molecular formula is C12H15N3O2S2. The highest BCUT2D eigenvalue weighted by molar-refractivity contribution is 7.88. The summed E-state index contributed by atoms with van der Waals surface area (Å²) >= 11 is 1.44. The van der Waals surface area contributed by atoms with Crippen molar-refractivity contribution in [1.82, 2.24) is 9.71 Å². The van der Waals surface area contributed by atoms with E-state index in [9.17, 15) is 8.42 Å². The summed E-state index contributed by atoms with van der Waals surface area (Å²) in [4.78, 5) is 5.00. The number of nitrogens with zero attached hydrogens (tertiary/aromatic N) is 1. The third-order valence-electron chi connectivity index (χ3n) is 2.70. The molecule has 102 valence electrons. The number of nitrogen functional groups attached to an aromatic ring is 1. The predicted molar refractivity (Wildman–Crippen MR) is 77.2 cm³/mol. The second kappa shape index (κ2) is 5.68. The molecule has 2 aromatic rings. The highest BCUT2D eigenvalue weighted by atomic mass is 32.2. The van der Waals surface area contributed by atoms with Crippen LogP contribution in [0, 0.1) is 6.92 Å². The lowest BCUT2D eigenvalue weighted by Gasteiger charge is -2.08. The van der Waals surface area contributed by atoms with Crippen LogP contribution in [0.2, 0.25) is 0 Å². The summed E-state index contributed by atoms with van der Waals surface area (Å²) in [6, 6.07) is 6.96. The van der Waals surface area contributed by atoms with E-state index in [1.165, 1.54) is 11.3 Å². The Morgan fingerprint density at radius 1 is 1.37 bits per heavy atom. The van der Waals surface area contributed by atoms with Gasteiger partial charge in [-0.15, -0.1) is 11.3 Å². The molecule has 0 amide bonds. The Morgan fingerprint density at radius 2 is 2.11 bits per heavy atom. The molecule has 19 heavy (non-hydrogen) atoms. The van der Waals surface area contributed by atoms with Gasteiger partial charge in [0.2, 0.25) is 10.0 Å². The van der Waals surface area contributed by atoms with Gasteiger partial charge in [0, 0.05) is 17.1 Å². The van der Waals surface area contributed by atoms with Gasteiger partial charge in [-0.3, -0.25) is 0 Å². The monoisotopic (exact) mass is 297 g/mol. The molecule has 5 nitrogen and oxygen atoms in total. The van der Waals surface area contributed by atoms with Crippen LogP contribution in [0.25, 0.3) is 0 Å². The number of nitrogens with two attached hydrogens (primary N) is 1. The van der Waals surface area contributed by atoms with Crippen molar-refractivity contribution in [3.05, 3.63) is 45.9 Å². The molecule has 0 saturated carbocycles. The molecule has 0 bridgehead atoms. The van der Waals surface area contributed by atoms with Gasteiger partial charge in [-0.2, -0.15) is 0 Å². The maximum absolute atomic E-state index is 12.0. The topological polar surface area (TPSA) is 85.1 Å². The van der Waals surface area contributed by atoms with E-state index < -0.39 is 10.0 Å². The van der Waals surface area contributed by atoms with Gasteiger partial charge in [0.25, 0.3) is 0 Å². The number of nitrogens with one attached hydrogen (secondary N) is 1. The molecule has 7 heteroatoms. The van der Waals surface area contributed by atoms with Gasteiger partial charge in [0.15, 0.2) is 0 Å². The molecule has 0 radical (unpaired) electrons. The fourth-order valence-electron chi connectivity index (χ4n) is 1.59. The zero-order valence-corrected chi connectivity index (χ0v) is 12.1. The predicted octanol–water partition coefficient (Wildman–Crippen LogP) is 1.65. The Bertz CT molecular complexity index is 665. The highest BCUT2D eigenvalue weighted by Gasteiger charge is 2.14. The van der Waals surface area contributed by atoms with Gasteiger partial charge in [0.1, 0.15) is 0 Å². The number of benzene rings is 1. The van der Waals surface area contributed by atoms with E-state index in [-0.39, 0.29) is 12.3 Å². The Balaban J connectivity index is 2.04. The average Bonchev–Trinajstić information content (AvgIpc) is 2.75.